The maximum atomic E-state index is 5.44. The zero-order valence-corrected chi connectivity index (χ0v) is 10.5. The normalized spacial score (nSPS) is 24.1. The molecule has 3 heteroatoms. The zero-order valence-electron chi connectivity index (χ0n) is 10.5. The highest BCUT2D eigenvalue weighted by Gasteiger charge is 2.27. The first-order valence-corrected chi connectivity index (χ1v) is 6.12. The van der Waals surface area contributed by atoms with Gasteiger partial charge in [-0.25, -0.2) is 0 Å². The molecule has 1 aromatic heterocycles. The van der Waals surface area contributed by atoms with Crippen LogP contribution in [-0.2, 0) is 6.54 Å². The van der Waals surface area contributed by atoms with Crippen LogP contribution in [0.25, 0.3) is 0 Å². The Bertz CT molecular complexity index is 308. The third-order valence-corrected chi connectivity index (χ3v) is 3.45. The monoisotopic (exact) mass is 222 g/mol. The van der Waals surface area contributed by atoms with Crippen LogP contribution in [0.5, 0.6) is 0 Å². The van der Waals surface area contributed by atoms with Crippen molar-refractivity contribution < 1.29 is 4.42 Å². The smallest absolute Gasteiger partial charge is 0.117 e. The van der Waals surface area contributed by atoms with E-state index in [2.05, 4.69) is 36.8 Å². The number of hydrogen-bond donors (Lipinski definition) is 0. The molecule has 0 saturated carbocycles. The average Bonchev–Trinajstić information content (AvgIpc) is 2.73. The lowest BCUT2D eigenvalue weighted by Crippen LogP contribution is -2.53. The minimum absolute atomic E-state index is 0.642. The van der Waals surface area contributed by atoms with Gasteiger partial charge in [-0.05, 0) is 25.1 Å². The summed E-state index contributed by atoms with van der Waals surface area (Å²) in [6.07, 6.45) is 1.76. The van der Waals surface area contributed by atoms with Crippen molar-refractivity contribution in [2.24, 2.45) is 5.92 Å². The number of rotatable bonds is 3. The lowest BCUT2D eigenvalue weighted by atomic mass is 9.99. The predicted octanol–water partition coefficient (Wildman–Crippen LogP) is 2.05. The molecule has 16 heavy (non-hydrogen) atoms. The summed E-state index contributed by atoms with van der Waals surface area (Å²) in [4.78, 5) is 4.97. The van der Waals surface area contributed by atoms with Crippen LogP contribution in [0.4, 0.5) is 0 Å². The minimum atomic E-state index is 0.642. The van der Waals surface area contributed by atoms with Crippen molar-refractivity contribution in [2.75, 3.05) is 26.7 Å². The molecule has 0 amide bonds. The summed E-state index contributed by atoms with van der Waals surface area (Å²) < 4.78 is 5.44. The van der Waals surface area contributed by atoms with E-state index in [1.54, 1.807) is 6.26 Å². The van der Waals surface area contributed by atoms with Crippen LogP contribution in [0.2, 0.25) is 0 Å². The third-order valence-electron chi connectivity index (χ3n) is 3.45. The third kappa shape index (κ3) is 2.66. The largest absolute Gasteiger partial charge is 0.468 e. The molecule has 1 fully saturated rings. The predicted molar refractivity (Wildman–Crippen MR) is 65.2 cm³/mol. The highest BCUT2D eigenvalue weighted by Crippen LogP contribution is 2.19. The van der Waals surface area contributed by atoms with Gasteiger partial charge in [0.25, 0.3) is 0 Å². The van der Waals surface area contributed by atoms with E-state index in [0.717, 1.165) is 25.4 Å². The number of nitrogens with zero attached hydrogens (tertiary/aromatic N) is 2. The van der Waals surface area contributed by atoms with E-state index in [1.807, 2.05) is 6.07 Å². The van der Waals surface area contributed by atoms with Gasteiger partial charge in [0.1, 0.15) is 5.76 Å². The van der Waals surface area contributed by atoms with Crippen molar-refractivity contribution in [1.82, 2.24) is 9.80 Å². The molecule has 0 spiro atoms. The highest BCUT2D eigenvalue weighted by molar-refractivity contribution is 4.99. The summed E-state index contributed by atoms with van der Waals surface area (Å²) in [5.41, 5.74) is 0. The Morgan fingerprint density at radius 2 is 2.25 bits per heavy atom. The van der Waals surface area contributed by atoms with E-state index >= 15 is 0 Å². The molecule has 1 atom stereocenters. The van der Waals surface area contributed by atoms with E-state index < -0.39 is 0 Å². The maximum absolute atomic E-state index is 5.44. The second-order valence-electron chi connectivity index (χ2n) is 5.12. The molecule has 0 radical (unpaired) electrons. The van der Waals surface area contributed by atoms with E-state index in [0.29, 0.717) is 12.0 Å². The van der Waals surface area contributed by atoms with Crippen LogP contribution in [0, 0.1) is 5.92 Å². The van der Waals surface area contributed by atoms with Gasteiger partial charge >= 0.3 is 0 Å². The first kappa shape index (κ1) is 11.7. The molecule has 90 valence electrons. The lowest BCUT2D eigenvalue weighted by molar-refractivity contribution is 0.0520. The number of hydrogen-bond acceptors (Lipinski definition) is 3. The quantitative estimate of drug-likeness (QED) is 0.780. The first-order chi connectivity index (χ1) is 7.66. The molecule has 3 nitrogen and oxygen atoms in total. The van der Waals surface area contributed by atoms with Gasteiger partial charge in [-0.1, -0.05) is 13.8 Å². The van der Waals surface area contributed by atoms with Crippen molar-refractivity contribution in [2.45, 2.75) is 26.4 Å². The molecule has 2 rings (SSSR count). The Morgan fingerprint density at radius 3 is 2.88 bits per heavy atom. The van der Waals surface area contributed by atoms with E-state index in [4.69, 9.17) is 4.42 Å². The second kappa shape index (κ2) is 5.02. The summed E-state index contributed by atoms with van der Waals surface area (Å²) in [5.74, 6) is 1.77. The zero-order chi connectivity index (χ0) is 11.5. The van der Waals surface area contributed by atoms with Gasteiger partial charge < -0.3 is 9.32 Å². The van der Waals surface area contributed by atoms with Crippen LogP contribution in [0.15, 0.2) is 22.8 Å². The molecule has 0 unspecified atom stereocenters. The van der Waals surface area contributed by atoms with Crippen LogP contribution < -0.4 is 0 Å². The van der Waals surface area contributed by atoms with Gasteiger partial charge in [0.05, 0.1) is 12.8 Å². The van der Waals surface area contributed by atoms with Crippen molar-refractivity contribution in [1.29, 1.82) is 0 Å². The van der Waals surface area contributed by atoms with Crippen LogP contribution in [0.1, 0.15) is 19.6 Å². The minimum Gasteiger partial charge on any atom is -0.468 e. The molecule has 0 aromatic carbocycles. The molecule has 1 saturated heterocycles. The number of furan rings is 1. The number of piperazine rings is 1. The SMILES string of the molecule is CC(C)[C@H]1CN(C)CCN1Cc1ccco1. The van der Waals surface area contributed by atoms with Crippen molar-refractivity contribution in [3.8, 4) is 0 Å². The summed E-state index contributed by atoms with van der Waals surface area (Å²) in [7, 11) is 2.21. The van der Waals surface area contributed by atoms with Gasteiger partial charge in [0, 0.05) is 25.7 Å². The fourth-order valence-corrected chi connectivity index (χ4v) is 2.42. The second-order valence-corrected chi connectivity index (χ2v) is 5.12. The summed E-state index contributed by atoms with van der Waals surface area (Å²) in [5, 5.41) is 0. The van der Waals surface area contributed by atoms with Gasteiger partial charge in [-0.15, -0.1) is 0 Å². The summed E-state index contributed by atoms with van der Waals surface area (Å²) in [6.45, 7) is 9.02. The molecule has 1 aliphatic rings. The van der Waals surface area contributed by atoms with E-state index in [1.165, 1.54) is 6.54 Å². The summed E-state index contributed by atoms with van der Waals surface area (Å²) in [6, 6.07) is 4.68. The summed E-state index contributed by atoms with van der Waals surface area (Å²) >= 11 is 0. The van der Waals surface area contributed by atoms with Crippen LogP contribution in [-0.4, -0.2) is 42.5 Å². The Labute approximate surface area is 98.0 Å². The van der Waals surface area contributed by atoms with E-state index in [-0.39, 0.29) is 0 Å². The Kier molecular flexibility index (Phi) is 3.66. The Hall–Kier alpha value is -0.800. The number of likely N-dealkylation sites (N-methyl/N-ethyl adjacent to an activating group) is 1. The van der Waals surface area contributed by atoms with Gasteiger partial charge in [-0.2, -0.15) is 0 Å². The molecular formula is C13H22N2O. The fraction of sp³-hybridized carbons (Fsp3) is 0.692. The van der Waals surface area contributed by atoms with Crippen molar-refractivity contribution >= 4 is 0 Å². The van der Waals surface area contributed by atoms with Crippen LogP contribution >= 0.6 is 0 Å². The topological polar surface area (TPSA) is 19.6 Å². The molecule has 0 bridgehead atoms. The fourth-order valence-electron chi connectivity index (χ4n) is 2.42. The standard InChI is InChI=1S/C13H22N2O/c1-11(2)13-10-14(3)6-7-15(13)9-12-5-4-8-16-12/h4-5,8,11,13H,6-7,9-10H2,1-3H3/t13-/m1/s1. The molecule has 0 aliphatic carbocycles. The highest BCUT2D eigenvalue weighted by atomic mass is 16.3. The van der Waals surface area contributed by atoms with E-state index in [9.17, 15) is 0 Å². The molecule has 1 aliphatic heterocycles. The molecule has 0 N–H and O–H groups in total. The van der Waals surface area contributed by atoms with Gasteiger partial charge in [0.15, 0.2) is 0 Å². The Balaban J connectivity index is 2.01. The van der Waals surface area contributed by atoms with Gasteiger partial charge in [0.2, 0.25) is 0 Å². The average molecular weight is 222 g/mol. The van der Waals surface area contributed by atoms with Crippen molar-refractivity contribution in [3.05, 3.63) is 24.2 Å². The lowest BCUT2D eigenvalue weighted by Gasteiger charge is -2.41. The Morgan fingerprint density at radius 1 is 1.44 bits per heavy atom. The molecule has 1 aromatic rings. The first-order valence-electron chi connectivity index (χ1n) is 6.12. The molecular weight excluding hydrogens is 200 g/mol. The van der Waals surface area contributed by atoms with Crippen LogP contribution in [0.3, 0.4) is 0 Å². The maximum Gasteiger partial charge on any atom is 0.117 e. The van der Waals surface area contributed by atoms with Gasteiger partial charge in [-0.3, -0.25) is 4.90 Å². The molecule has 2 heterocycles. The van der Waals surface area contributed by atoms with Crippen molar-refractivity contribution in [3.63, 3.8) is 0 Å².